The first kappa shape index (κ1) is 22.0. The molecule has 2 aromatic carbocycles. The molecule has 0 amide bonds. The van der Waals surface area contributed by atoms with Gasteiger partial charge in [0.25, 0.3) is 0 Å². The standard InChI is InChI=1S/C22H24F3NO4/c1-29-18-10-9-15(13-19(18)30-2)20(26-11-4-3-8-17(26)21(27)28)14-6-5-7-16(12-14)22(23,24)25/h5-7,9-10,12-13,17,20H,3-4,8,11H2,1-2H3,(H,27,28). The Morgan fingerprint density at radius 2 is 1.77 bits per heavy atom. The third-order valence-corrected chi connectivity index (χ3v) is 5.41. The number of alkyl halides is 3. The van der Waals surface area contributed by atoms with Crippen molar-refractivity contribution in [3.8, 4) is 11.5 Å². The van der Waals surface area contributed by atoms with E-state index in [9.17, 15) is 23.1 Å². The topological polar surface area (TPSA) is 59.0 Å². The van der Waals surface area contributed by atoms with E-state index in [2.05, 4.69) is 0 Å². The molecule has 0 aromatic heterocycles. The van der Waals surface area contributed by atoms with Crippen LogP contribution in [0.1, 0.15) is 42.0 Å². The number of benzene rings is 2. The van der Waals surface area contributed by atoms with E-state index in [4.69, 9.17) is 9.47 Å². The Kier molecular flexibility index (Phi) is 6.55. The lowest BCUT2D eigenvalue weighted by atomic mass is 9.90. The molecule has 1 fully saturated rings. The number of piperidine rings is 1. The van der Waals surface area contributed by atoms with E-state index in [1.54, 1.807) is 29.2 Å². The van der Waals surface area contributed by atoms with Crippen LogP contribution in [0.25, 0.3) is 0 Å². The number of aliphatic carboxylic acids is 1. The van der Waals surface area contributed by atoms with Gasteiger partial charge < -0.3 is 14.6 Å². The second-order valence-corrected chi connectivity index (χ2v) is 7.23. The fraction of sp³-hybridized carbons (Fsp3) is 0.409. The van der Waals surface area contributed by atoms with E-state index in [0.717, 1.165) is 25.0 Å². The molecule has 0 spiro atoms. The monoisotopic (exact) mass is 423 g/mol. The molecule has 1 aliphatic rings. The van der Waals surface area contributed by atoms with Gasteiger partial charge in [-0.1, -0.05) is 24.6 Å². The van der Waals surface area contributed by atoms with E-state index in [-0.39, 0.29) is 0 Å². The summed E-state index contributed by atoms with van der Waals surface area (Å²) in [5.41, 5.74) is 0.250. The summed E-state index contributed by atoms with van der Waals surface area (Å²) in [6.45, 7) is 0.465. The second-order valence-electron chi connectivity index (χ2n) is 7.23. The lowest BCUT2D eigenvalue weighted by molar-refractivity contribution is -0.145. The van der Waals surface area contributed by atoms with Crippen molar-refractivity contribution in [1.82, 2.24) is 4.90 Å². The zero-order chi connectivity index (χ0) is 21.9. The lowest BCUT2D eigenvalue weighted by Crippen LogP contribution is -2.46. The van der Waals surface area contributed by atoms with Crippen molar-refractivity contribution in [2.45, 2.75) is 37.5 Å². The van der Waals surface area contributed by atoms with Gasteiger partial charge in [0.05, 0.1) is 25.8 Å². The van der Waals surface area contributed by atoms with E-state index >= 15 is 0 Å². The molecule has 0 radical (unpaired) electrons. The Morgan fingerprint density at radius 3 is 2.40 bits per heavy atom. The molecule has 2 atom stereocenters. The first-order chi connectivity index (χ1) is 14.3. The number of likely N-dealkylation sites (tertiary alicyclic amines) is 1. The van der Waals surface area contributed by atoms with Gasteiger partial charge in [-0.3, -0.25) is 9.69 Å². The highest BCUT2D eigenvalue weighted by Gasteiger charge is 2.37. The predicted octanol–water partition coefficient (Wildman–Crippen LogP) is 4.75. The van der Waals surface area contributed by atoms with E-state index in [0.29, 0.717) is 35.6 Å². The predicted molar refractivity (Wildman–Crippen MR) is 105 cm³/mol. The first-order valence-electron chi connectivity index (χ1n) is 9.64. The third kappa shape index (κ3) is 4.53. The van der Waals surface area contributed by atoms with Crippen LogP contribution in [0.5, 0.6) is 11.5 Å². The molecule has 1 aliphatic heterocycles. The smallest absolute Gasteiger partial charge is 0.416 e. The van der Waals surface area contributed by atoms with Crippen molar-refractivity contribution in [2.24, 2.45) is 0 Å². The van der Waals surface area contributed by atoms with Crippen LogP contribution in [0.3, 0.4) is 0 Å². The van der Waals surface area contributed by atoms with Crippen LogP contribution in [-0.4, -0.2) is 42.8 Å². The average Bonchev–Trinajstić information content (AvgIpc) is 2.73. The molecule has 1 N–H and O–H groups in total. The summed E-state index contributed by atoms with van der Waals surface area (Å²) in [7, 11) is 2.97. The minimum absolute atomic E-state index is 0.380. The van der Waals surface area contributed by atoms with Gasteiger partial charge >= 0.3 is 12.1 Å². The van der Waals surface area contributed by atoms with Gasteiger partial charge in [-0.2, -0.15) is 13.2 Å². The summed E-state index contributed by atoms with van der Waals surface area (Å²) in [6, 6.07) is 8.70. The van der Waals surface area contributed by atoms with Crippen molar-refractivity contribution in [2.75, 3.05) is 20.8 Å². The quantitative estimate of drug-likeness (QED) is 0.727. The fourth-order valence-corrected chi connectivity index (χ4v) is 4.01. The summed E-state index contributed by atoms with van der Waals surface area (Å²) in [6.07, 6.45) is -2.52. The Morgan fingerprint density at radius 1 is 1.07 bits per heavy atom. The van der Waals surface area contributed by atoms with E-state index < -0.39 is 29.8 Å². The van der Waals surface area contributed by atoms with E-state index in [1.807, 2.05) is 0 Å². The second kappa shape index (κ2) is 8.95. The van der Waals surface area contributed by atoms with Crippen molar-refractivity contribution in [1.29, 1.82) is 0 Å². The van der Waals surface area contributed by atoms with Crippen LogP contribution < -0.4 is 9.47 Å². The molecule has 0 aliphatic carbocycles. The molecule has 1 heterocycles. The molecule has 0 saturated carbocycles. The van der Waals surface area contributed by atoms with Crippen LogP contribution in [0.15, 0.2) is 42.5 Å². The highest BCUT2D eigenvalue weighted by molar-refractivity contribution is 5.73. The van der Waals surface area contributed by atoms with Crippen LogP contribution in [0, 0.1) is 0 Å². The molecule has 162 valence electrons. The zero-order valence-electron chi connectivity index (χ0n) is 16.8. The average molecular weight is 423 g/mol. The number of ether oxygens (including phenoxy) is 2. The summed E-state index contributed by atoms with van der Waals surface area (Å²) in [5, 5.41) is 9.75. The maximum atomic E-state index is 13.4. The Hall–Kier alpha value is -2.74. The highest BCUT2D eigenvalue weighted by atomic mass is 19.4. The molecule has 5 nitrogen and oxygen atoms in total. The number of halogens is 3. The maximum Gasteiger partial charge on any atom is 0.416 e. The van der Waals surface area contributed by atoms with Gasteiger partial charge in [0, 0.05) is 0 Å². The summed E-state index contributed by atoms with van der Waals surface area (Å²) in [4.78, 5) is 13.7. The molecular weight excluding hydrogens is 399 g/mol. The van der Waals surface area contributed by atoms with Crippen LogP contribution >= 0.6 is 0 Å². The van der Waals surface area contributed by atoms with Gasteiger partial charge in [-0.15, -0.1) is 0 Å². The summed E-state index contributed by atoms with van der Waals surface area (Å²) in [5.74, 6) is -0.0690. The van der Waals surface area contributed by atoms with Crippen molar-refractivity contribution in [3.63, 3.8) is 0 Å². The molecule has 1 saturated heterocycles. The van der Waals surface area contributed by atoms with Gasteiger partial charge in [0.1, 0.15) is 6.04 Å². The molecule has 8 heteroatoms. The zero-order valence-corrected chi connectivity index (χ0v) is 16.8. The number of rotatable bonds is 6. The Balaban J connectivity index is 2.16. The van der Waals surface area contributed by atoms with E-state index in [1.165, 1.54) is 20.3 Å². The maximum absolute atomic E-state index is 13.4. The van der Waals surface area contributed by atoms with Crippen molar-refractivity contribution < 1.29 is 32.5 Å². The molecule has 3 rings (SSSR count). The van der Waals surface area contributed by atoms with Gasteiger partial charge in [0.2, 0.25) is 0 Å². The highest BCUT2D eigenvalue weighted by Crippen LogP contribution is 2.40. The van der Waals surface area contributed by atoms with Crippen LogP contribution in [0.4, 0.5) is 13.2 Å². The van der Waals surface area contributed by atoms with Gasteiger partial charge in [-0.05, 0) is 54.8 Å². The number of carboxylic acid groups (broad SMARTS) is 1. The number of hydrogen-bond donors (Lipinski definition) is 1. The molecular formula is C22H24F3NO4. The minimum atomic E-state index is -4.49. The fourth-order valence-electron chi connectivity index (χ4n) is 4.01. The first-order valence-corrected chi connectivity index (χ1v) is 9.64. The molecule has 30 heavy (non-hydrogen) atoms. The SMILES string of the molecule is COc1ccc(C(c2cccc(C(F)(F)F)c2)N2CCCCC2C(=O)O)cc1OC. The summed E-state index contributed by atoms with van der Waals surface area (Å²) < 4.78 is 50.7. The van der Waals surface area contributed by atoms with Gasteiger partial charge in [-0.25, -0.2) is 0 Å². The summed E-state index contributed by atoms with van der Waals surface area (Å²) >= 11 is 0. The Labute approximate surface area is 173 Å². The third-order valence-electron chi connectivity index (χ3n) is 5.41. The number of carboxylic acids is 1. The van der Waals surface area contributed by atoms with Crippen molar-refractivity contribution in [3.05, 3.63) is 59.2 Å². The number of carbonyl (C=O) groups is 1. The molecule has 2 aromatic rings. The minimum Gasteiger partial charge on any atom is -0.493 e. The molecule has 0 bridgehead atoms. The number of hydrogen-bond acceptors (Lipinski definition) is 4. The van der Waals surface area contributed by atoms with Gasteiger partial charge in [0.15, 0.2) is 11.5 Å². The largest absolute Gasteiger partial charge is 0.493 e. The van der Waals surface area contributed by atoms with Crippen LogP contribution in [-0.2, 0) is 11.0 Å². The number of methoxy groups -OCH3 is 2. The van der Waals surface area contributed by atoms with Crippen molar-refractivity contribution >= 4 is 5.97 Å². The Bertz CT molecular complexity index is 900. The molecule has 2 unspecified atom stereocenters. The van der Waals surface area contributed by atoms with Crippen LogP contribution in [0.2, 0.25) is 0 Å². The number of nitrogens with zero attached hydrogens (tertiary/aromatic N) is 1. The normalized spacial score (nSPS) is 18.6. The lowest BCUT2D eigenvalue weighted by Gasteiger charge is -2.40.